The Morgan fingerprint density at radius 2 is 1.84 bits per heavy atom. The molecule has 0 bridgehead atoms. The molecule has 0 saturated heterocycles. The molecule has 1 nitrogen and oxygen atoms in total. The van der Waals surface area contributed by atoms with E-state index in [1.165, 1.54) is 34.6 Å². The zero-order valence-corrected chi connectivity index (χ0v) is 14.0. The highest BCUT2D eigenvalue weighted by Gasteiger charge is 2.19. The summed E-state index contributed by atoms with van der Waals surface area (Å²) in [4.78, 5) is 16.9. The minimum absolute atomic E-state index is 0.192. The highest BCUT2D eigenvalue weighted by molar-refractivity contribution is 9.10. The molecule has 0 saturated carbocycles. The first-order chi connectivity index (χ1) is 9.15. The molecule has 0 N–H and O–H groups in total. The molecule has 2 aromatic rings. The van der Waals surface area contributed by atoms with Gasteiger partial charge in [0.05, 0.1) is 9.75 Å². The maximum atomic E-state index is 12.5. The van der Waals surface area contributed by atoms with E-state index < -0.39 is 0 Å². The first-order valence-corrected chi connectivity index (χ1v) is 9.00. The van der Waals surface area contributed by atoms with Crippen LogP contribution in [-0.4, -0.2) is 5.78 Å². The van der Waals surface area contributed by atoms with Crippen LogP contribution in [0.25, 0.3) is 0 Å². The molecule has 1 aliphatic carbocycles. The van der Waals surface area contributed by atoms with Crippen LogP contribution in [0.2, 0.25) is 0 Å². The van der Waals surface area contributed by atoms with Gasteiger partial charge in [-0.3, -0.25) is 4.79 Å². The first-order valence-electron chi connectivity index (χ1n) is 6.57. The quantitative estimate of drug-likeness (QED) is 0.522. The Balaban J connectivity index is 1.92. The number of thiophene rings is 2. The Bertz CT molecular complexity index is 581. The van der Waals surface area contributed by atoms with E-state index in [2.05, 4.69) is 22.0 Å². The number of hydrogen-bond acceptors (Lipinski definition) is 3. The van der Waals surface area contributed by atoms with Crippen molar-refractivity contribution in [2.75, 3.05) is 0 Å². The van der Waals surface area contributed by atoms with Crippen LogP contribution in [0.15, 0.2) is 16.6 Å². The van der Waals surface area contributed by atoms with E-state index in [9.17, 15) is 4.79 Å². The molecule has 0 atom stereocenters. The van der Waals surface area contributed by atoms with Crippen molar-refractivity contribution in [2.45, 2.75) is 39.0 Å². The van der Waals surface area contributed by atoms with Gasteiger partial charge in [0, 0.05) is 14.2 Å². The second-order valence-electron chi connectivity index (χ2n) is 4.96. The number of carbonyl (C=O) groups excluding carboxylic acids is 1. The second-order valence-corrected chi connectivity index (χ2v) is 8.21. The molecule has 3 rings (SSSR count). The van der Waals surface area contributed by atoms with Crippen molar-refractivity contribution < 1.29 is 4.79 Å². The molecule has 0 unspecified atom stereocenters. The number of aryl methyl sites for hydroxylation is 3. The van der Waals surface area contributed by atoms with Gasteiger partial charge in [-0.05, 0) is 66.2 Å². The maximum Gasteiger partial charge on any atom is 0.212 e. The van der Waals surface area contributed by atoms with Crippen LogP contribution in [0.5, 0.6) is 0 Å². The van der Waals surface area contributed by atoms with Crippen LogP contribution in [0.3, 0.4) is 0 Å². The van der Waals surface area contributed by atoms with Crippen LogP contribution in [0.1, 0.15) is 49.1 Å². The smallest absolute Gasteiger partial charge is 0.212 e. The number of ketones is 1. The lowest BCUT2D eigenvalue weighted by Crippen LogP contribution is -1.94. The molecular formula is C15H15BrOS2. The summed E-state index contributed by atoms with van der Waals surface area (Å²) < 4.78 is 1.04. The Kier molecular flexibility index (Phi) is 3.92. The van der Waals surface area contributed by atoms with Gasteiger partial charge < -0.3 is 0 Å². The summed E-state index contributed by atoms with van der Waals surface area (Å²) in [5.41, 5.74) is 1.41. The van der Waals surface area contributed by atoms with Gasteiger partial charge >= 0.3 is 0 Å². The van der Waals surface area contributed by atoms with E-state index >= 15 is 0 Å². The average molecular weight is 355 g/mol. The van der Waals surface area contributed by atoms with Crippen molar-refractivity contribution in [3.8, 4) is 0 Å². The summed E-state index contributed by atoms with van der Waals surface area (Å²) in [6, 6.07) is 4.09. The second kappa shape index (κ2) is 5.51. The number of fused-ring (bicyclic) bond motifs is 1. The van der Waals surface area contributed by atoms with Gasteiger partial charge in [0.25, 0.3) is 0 Å². The molecule has 1 aliphatic rings. The van der Waals surface area contributed by atoms with Crippen molar-refractivity contribution >= 4 is 44.4 Å². The summed E-state index contributed by atoms with van der Waals surface area (Å²) in [5.74, 6) is 0.192. The fourth-order valence-corrected chi connectivity index (χ4v) is 5.23. The Hall–Kier alpha value is -0.450. The van der Waals surface area contributed by atoms with E-state index in [0.29, 0.717) is 0 Å². The van der Waals surface area contributed by atoms with E-state index in [1.54, 1.807) is 22.7 Å². The van der Waals surface area contributed by atoms with Crippen LogP contribution >= 0.6 is 38.6 Å². The number of carbonyl (C=O) groups is 1. The number of halogens is 1. The molecule has 2 aromatic heterocycles. The minimum Gasteiger partial charge on any atom is -0.287 e. The third-order valence-electron chi connectivity index (χ3n) is 3.55. The molecule has 4 heteroatoms. The van der Waals surface area contributed by atoms with Crippen molar-refractivity contribution in [2.24, 2.45) is 0 Å². The summed E-state index contributed by atoms with van der Waals surface area (Å²) in [5, 5.41) is 0. The molecule has 0 aromatic carbocycles. The molecule has 19 heavy (non-hydrogen) atoms. The van der Waals surface area contributed by atoms with Crippen molar-refractivity contribution in [3.63, 3.8) is 0 Å². The Labute approximate surface area is 129 Å². The average Bonchev–Trinajstić information content (AvgIpc) is 2.87. The topological polar surface area (TPSA) is 17.1 Å². The molecule has 100 valence electrons. The lowest BCUT2D eigenvalue weighted by molar-refractivity contribution is 0.104. The first kappa shape index (κ1) is 13.5. The molecule has 2 heterocycles. The third-order valence-corrected chi connectivity index (χ3v) is 6.92. The highest BCUT2D eigenvalue weighted by Crippen LogP contribution is 2.33. The lowest BCUT2D eigenvalue weighted by Gasteiger charge is -1.94. The van der Waals surface area contributed by atoms with Gasteiger partial charge in [-0.2, -0.15) is 0 Å². The Morgan fingerprint density at radius 1 is 1.11 bits per heavy atom. The molecular weight excluding hydrogens is 340 g/mol. The maximum absolute atomic E-state index is 12.5. The Morgan fingerprint density at radius 3 is 2.58 bits per heavy atom. The molecule has 0 spiro atoms. The van der Waals surface area contributed by atoms with E-state index in [4.69, 9.17) is 0 Å². The predicted octanol–water partition coefficient (Wildman–Crippen LogP) is 5.38. The normalized spacial score (nSPS) is 15.1. The van der Waals surface area contributed by atoms with Crippen LogP contribution < -0.4 is 0 Å². The summed E-state index contributed by atoms with van der Waals surface area (Å²) in [6.07, 6.45) is 6.15. The monoisotopic (exact) mass is 354 g/mol. The van der Waals surface area contributed by atoms with Crippen LogP contribution in [-0.2, 0) is 12.8 Å². The van der Waals surface area contributed by atoms with Crippen LogP contribution in [0.4, 0.5) is 0 Å². The lowest BCUT2D eigenvalue weighted by atomic mass is 10.1. The zero-order valence-electron chi connectivity index (χ0n) is 10.8. The van der Waals surface area contributed by atoms with Crippen molar-refractivity contribution in [1.82, 2.24) is 0 Å². The van der Waals surface area contributed by atoms with Crippen molar-refractivity contribution in [1.29, 1.82) is 0 Å². The van der Waals surface area contributed by atoms with Gasteiger partial charge in [0.15, 0.2) is 0 Å². The van der Waals surface area contributed by atoms with E-state index in [1.807, 2.05) is 13.0 Å². The zero-order chi connectivity index (χ0) is 13.4. The summed E-state index contributed by atoms with van der Waals surface area (Å²) >= 11 is 6.77. The summed E-state index contributed by atoms with van der Waals surface area (Å²) in [7, 11) is 0. The van der Waals surface area contributed by atoms with Gasteiger partial charge in [-0.1, -0.05) is 6.42 Å². The van der Waals surface area contributed by atoms with Gasteiger partial charge in [-0.25, -0.2) is 0 Å². The molecule has 0 radical (unpaired) electrons. The minimum atomic E-state index is 0.192. The summed E-state index contributed by atoms with van der Waals surface area (Å²) in [6.45, 7) is 2.04. The van der Waals surface area contributed by atoms with Gasteiger partial charge in [0.2, 0.25) is 5.78 Å². The standard InChI is InChI=1S/C15H15BrOS2/c1-9-11(16)8-14(18-9)15(17)13-7-10-5-3-2-4-6-12(10)19-13/h7-8H,2-6H2,1H3. The third kappa shape index (κ3) is 2.71. The SMILES string of the molecule is Cc1sc(C(=O)c2cc3c(s2)CCCCC3)cc1Br. The number of hydrogen-bond donors (Lipinski definition) is 0. The van der Waals surface area contributed by atoms with Crippen molar-refractivity contribution in [3.05, 3.63) is 41.7 Å². The van der Waals surface area contributed by atoms with Gasteiger partial charge in [0.1, 0.15) is 0 Å². The largest absolute Gasteiger partial charge is 0.287 e. The fraction of sp³-hybridized carbons (Fsp3) is 0.400. The highest BCUT2D eigenvalue weighted by atomic mass is 79.9. The van der Waals surface area contributed by atoms with Crippen LogP contribution in [0, 0.1) is 6.92 Å². The molecule has 0 amide bonds. The van der Waals surface area contributed by atoms with E-state index in [-0.39, 0.29) is 5.78 Å². The number of rotatable bonds is 2. The molecule has 0 fully saturated rings. The van der Waals surface area contributed by atoms with E-state index in [0.717, 1.165) is 27.1 Å². The predicted molar refractivity (Wildman–Crippen MR) is 85.8 cm³/mol. The molecule has 0 aliphatic heterocycles. The fourth-order valence-electron chi connectivity index (χ4n) is 2.47. The van der Waals surface area contributed by atoms with Gasteiger partial charge in [-0.15, -0.1) is 22.7 Å².